The monoisotopic (exact) mass is 313 g/mol. The van der Waals surface area contributed by atoms with E-state index in [0.29, 0.717) is 25.9 Å². The Hall–Kier alpha value is -2.63. The first-order chi connectivity index (χ1) is 11.1. The van der Waals surface area contributed by atoms with Crippen molar-refractivity contribution in [1.29, 1.82) is 0 Å². The lowest BCUT2D eigenvalue weighted by Gasteiger charge is -2.32. The number of carbonyl (C=O) groups is 2. The van der Waals surface area contributed by atoms with Crippen LogP contribution in [0.25, 0.3) is 0 Å². The molecule has 1 amide bonds. The van der Waals surface area contributed by atoms with Crippen LogP contribution in [-0.4, -0.2) is 26.8 Å². The zero-order chi connectivity index (χ0) is 16.2. The maximum atomic E-state index is 12.1. The second kappa shape index (κ2) is 6.64. The SMILES string of the molecule is O=C(O)C1CCC1C(=O)NCc1ccccc1Cn1cccn1. The van der Waals surface area contributed by atoms with Gasteiger partial charge in [-0.15, -0.1) is 0 Å². The van der Waals surface area contributed by atoms with Crippen LogP contribution in [0.1, 0.15) is 24.0 Å². The van der Waals surface area contributed by atoms with Crippen LogP contribution in [0.15, 0.2) is 42.7 Å². The van der Waals surface area contributed by atoms with Gasteiger partial charge >= 0.3 is 5.97 Å². The highest BCUT2D eigenvalue weighted by Gasteiger charge is 2.41. The number of nitrogens with zero attached hydrogens (tertiary/aromatic N) is 2. The third kappa shape index (κ3) is 3.41. The normalized spacial score (nSPS) is 19.8. The fourth-order valence-corrected chi connectivity index (χ4v) is 2.88. The molecule has 0 bridgehead atoms. The van der Waals surface area contributed by atoms with Crippen molar-refractivity contribution in [3.63, 3.8) is 0 Å². The van der Waals surface area contributed by atoms with E-state index in [1.54, 1.807) is 6.20 Å². The molecule has 0 aliphatic heterocycles. The molecule has 1 saturated carbocycles. The Kier molecular flexibility index (Phi) is 4.41. The van der Waals surface area contributed by atoms with Gasteiger partial charge in [-0.05, 0) is 30.0 Å². The average molecular weight is 313 g/mol. The lowest BCUT2D eigenvalue weighted by molar-refractivity contribution is -0.152. The van der Waals surface area contributed by atoms with E-state index in [2.05, 4.69) is 10.4 Å². The Morgan fingerprint density at radius 2 is 1.91 bits per heavy atom. The van der Waals surface area contributed by atoms with Gasteiger partial charge in [0.1, 0.15) is 0 Å². The molecule has 120 valence electrons. The van der Waals surface area contributed by atoms with Crippen molar-refractivity contribution >= 4 is 11.9 Å². The Morgan fingerprint density at radius 1 is 1.17 bits per heavy atom. The average Bonchev–Trinajstić information content (AvgIpc) is 2.97. The van der Waals surface area contributed by atoms with Crippen molar-refractivity contribution in [3.05, 3.63) is 53.9 Å². The summed E-state index contributed by atoms with van der Waals surface area (Å²) in [5.41, 5.74) is 2.10. The molecule has 0 saturated heterocycles. The molecule has 1 aromatic carbocycles. The number of hydrogen-bond donors (Lipinski definition) is 2. The topological polar surface area (TPSA) is 84.2 Å². The van der Waals surface area contributed by atoms with Gasteiger partial charge in [-0.3, -0.25) is 14.3 Å². The quantitative estimate of drug-likeness (QED) is 0.849. The summed E-state index contributed by atoms with van der Waals surface area (Å²) in [6.45, 7) is 1.04. The van der Waals surface area contributed by atoms with Crippen molar-refractivity contribution < 1.29 is 14.7 Å². The van der Waals surface area contributed by atoms with Crippen LogP contribution in [-0.2, 0) is 22.7 Å². The first-order valence-electron chi connectivity index (χ1n) is 7.70. The predicted molar refractivity (Wildman–Crippen MR) is 83.5 cm³/mol. The van der Waals surface area contributed by atoms with Crippen molar-refractivity contribution in [1.82, 2.24) is 15.1 Å². The molecule has 1 aliphatic rings. The fourth-order valence-electron chi connectivity index (χ4n) is 2.88. The number of benzene rings is 1. The number of carboxylic acids is 1. The van der Waals surface area contributed by atoms with E-state index in [0.717, 1.165) is 11.1 Å². The zero-order valence-corrected chi connectivity index (χ0v) is 12.7. The zero-order valence-electron chi connectivity index (χ0n) is 12.7. The van der Waals surface area contributed by atoms with Crippen molar-refractivity contribution in [2.45, 2.75) is 25.9 Å². The molecule has 0 spiro atoms. The number of carboxylic acid groups (broad SMARTS) is 1. The number of rotatable bonds is 6. The van der Waals surface area contributed by atoms with E-state index in [1.807, 2.05) is 41.2 Å². The number of hydrogen-bond acceptors (Lipinski definition) is 3. The molecule has 6 nitrogen and oxygen atoms in total. The molecule has 2 unspecified atom stereocenters. The molecular formula is C17H19N3O3. The van der Waals surface area contributed by atoms with Crippen LogP contribution >= 0.6 is 0 Å². The first-order valence-corrected chi connectivity index (χ1v) is 7.70. The molecule has 1 fully saturated rings. The molecule has 1 aromatic heterocycles. The van der Waals surface area contributed by atoms with Gasteiger partial charge in [0.15, 0.2) is 0 Å². The number of carbonyl (C=O) groups excluding carboxylic acids is 1. The predicted octanol–water partition coefficient (Wildman–Crippen LogP) is 1.66. The number of aliphatic carboxylic acids is 1. The number of amides is 1. The van der Waals surface area contributed by atoms with Gasteiger partial charge in [0.2, 0.25) is 5.91 Å². The van der Waals surface area contributed by atoms with E-state index < -0.39 is 17.8 Å². The molecule has 23 heavy (non-hydrogen) atoms. The van der Waals surface area contributed by atoms with Crippen LogP contribution in [0.3, 0.4) is 0 Å². The van der Waals surface area contributed by atoms with Crippen molar-refractivity contribution in [2.75, 3.05) is 0 Å². The van der Waals surface area contributed by atoms with Crippen molar-refractivity contribution in [3.8, 4) is 0 Å². The number of aromatic nitrogens is 2. The maximum Gasteiger partial charge on any atom is 0.307 e. The lowest BCUT2D eigenvalue weighted by Crippen LogP contribution is -2.43. The van der Waals surface area contributed by atoms with Crippen molar-refractivity contribution in [2.24, 2.45) is 11.8 Å². The summed E-state index contributed by atoms with van der Waals surface area (Å²) in [4.78, 5) is 23.2. The van der Waals surface area contributed by atoms with Gasteiger partial charge in [0, 0.05) is 18.9 Å². The Labute approximate surface area is 134 Å². The van der Waals surface area contributed by atoms with E-state index in [4.69, 9.17) is 5.11 Å². The summed E-state index contributed by atoms with van der Waals surface area (Å²) < 4.78 is 1.83. The molecule has 1 heterocycles. The standard InChI is InChI=1S/C17H19N3O3/c21-16(14-6-7-15(14)17(22)23)18-10-12-4-1-2-5-13(12)11-20-9-3-8-19-20/h1-5,8-9,14-15H,6-7,10-11H2,(H,18,21)(H,22,23). The summed E-state index contributed by atoms with van der Waals surface area (Å²) in [6.07, 6.45) is 4.86. The molecule has 3 rings (SSSR count). The molecule has 1 aliphatic carbocycles. The van der Waals surface area contributed by atoms with Gasteiger partial charge in [0.25, 0.3) is 0 Å². The minimum absolute atomic E-state index is 0.169. The first kappa shape index (κ1) is 15.3. The van der Waals surface area contributed by atoms with Gasteiger partial charge in [-0.25, -0.2) is 0 Å². The Balaban J connectivity index is 1.62. The molecule has 2 aromatic rings. The third-order valence-electron chi connectivity index (χ3n) is 4.39. The van der Waals surface area contributed by atoms with E-state index in [1.165, 1.54) is 0 Å². The van der Waals surface area contributed by atoms with Crippen LogP contribution in [0.4, 0.5) is 0 Å². The summed E-state index contributed by atoms with van der Waals surface area (Å²) in [7, 11) is 0. The fraction of sp³-hybridized carbons (Fsp3) is 0.353. The second-order valence-electron chi connectivity index (χ2n) is 5.82. The minimum atomic E-state index is -0.879. The van der Waals surface area contributed by atoms with Gasteiger partial charge in [0.05, 0.1) is 18.4 Å². The summed E-state index contributed by atoms with van der Waals surface area (Å²) in [5.74, 6) is -1.98. The van der Waals surface area contributed by atoms with E-state index in [-0.39, 0.29) is 5.91 Å². The van der Waals surface area contributed by atoms with Crippen LogP contribution in [0, 0.1) is 11.8 Å². The summed E-state index contributed by atoms with van der Waals surface area (Å²) in [5, 5.41) is 16.1. The molecule has 0 radical (unpaired) electrons. The molecular weight excluding hydrogens is 294 g/mol. The third-order valence-corrected chi connectivity index (χ3v) is 4.39. The Morgan fingerprint density at radius 3 is 2.52 bits per heavy atom. The van der Waals surface area contributed by atoms with Crippen LogP contribution in [0.2, 0.25) is 0 Å². The van der Waals surface area contributed by atoms with Crippen LogP contribution < -0.4 is 5.32 Å². The smallest absolute Gasteiger partial charge is 0.307 e. The minimum Gasteiger partial charge on any atom is -0.481 e. The van der Waals surface area contributed by atoms with E-state index >= 15 is 0 Å². The van der Waals surface area contributed by atoms with Gasteiger partial charge < -0.3 is 10.4 Å². The molecule has 2 atom stereocenters. The van der Waals surface area contributed by atoms with Gasteiger partial charge in [-0.1, -0.05) is 24.3 Å². The van der Waals surface area contributed by atoms with E-state index in [9.17, 15) is 9.59 Å². The highest BCUT2D eigenvalue weighted by atomic mass is 16.4. The summed E-state index contributed by atoms with van der Waals surface area (Å²) >= 11 is 0. The number of nitrogens with one attached hydrogen (secondary N) is 1. The molecule has 2 N–H and O–H groups in total. The largest absolute Gasteiger partial charge is 0.481 e. The summed E-state index contributed by atoms with van der Waals surface area (Å²) in [6, 6.07) is 9.72. The van der Waals surface area contributed by atoms with Gasteiger partial charge in [-0.2, -0.15) is 5.10 Å². The maximum absolute atomic E-state index is 12.1. The molecule has 6 heteroatoms. The Bertz CT molecular complexity index is 697. The highest BCUT2D eigenvalue weighted by molar-refractivity contribution is 5.86. The highest BCUT2D eigenvalue weighted by Crippen LogP contribution is 2.34. The van der Waals surface area contributed by atoms with Crippen LogP contribution in [0.5, 0.6) is 0 Å². The lowest BCUT2D eigenvalue weighted by atomic mass is 9.73. The second-order valence-corrected chi connectivity index (χ2v) is 5.82.